The molecule has 4 amide bonds. The highest BCUT2D eigenvalue weighted by Gasteiger charge is 2.54. The maximum absolute atomic E-state index is 13.8. The average Bonchev–Trinajstić information content (AvgIpc) is 3.51. The van der Waals surface area contributed by atoms with Gasteiger partial charge in [0.05, 0.1) is 0 Å². The van der Waals surface area contributed by atoms with E-state index in [1.54, 1.807) is 0 Å². The van der Waals surface area contributed by atoms with E-state index >= 15 is 0 Å². The fraction of sp³-hybridized carbons (Fsp3) is 0.435. The molecular formula is C23H24F3N7O7S2. The van der Waals surface area contributed by atoms with Crippen LogP contribution < -0.4 is 16.8 Å². The van der Waals surface area contributed by atoms with E-state index in [1.807, 2.05) is 0 Å². The largest absolute Gasteiger partial charge is 0.477 e. The number of β-lactam (4-membered cyclic amide) rings is 1. The molecule has 42 heavy (non-hydrogen) atoms. The highest BCUT2D eigenvalue weighted by molar-refractivity contribution is 8.00. The van der Waals surface area contributed by atoms with Crippen LogP contribution in [0.3, 0.4) is 0 Å². The zero-order valence-corrected chi connectivity index (χ0v) is 23.5. The molecule has 4 heterocycles. The Morgan fingerprint density at radius 1 is 1.31 bits per heavy atom. The molecule has 0 radical (unpaired) electrons. The summed E-state index contributed by atoms with van der Waals surface area (Å²) in [6, 6.07) is -1.21. The monoisotopic (exact) mass is 631 g/mol. The first-order chi connectivity index (χ1) is 19.6. The molecule has 0 aromatic carbocycles. The average molecular weight is 632 g/mol. The number of nitrogen functional groups attached to an aromatic ring is 1. The summed E-state index contributed by atoms with van der Waals surface area (Å²) in [6.07, 6.45) is -5.13. The Balaban J connectivity index is 1.56. The maximum Gasteiger partial charge on any atom is 0.352 e. The van der Waals surface area contributed by atoms with Crippen LogP contribution in [-0.4, -0.2) is 97.2 Å². The molecule has 226 valence electrons. The number of halogens is 3. The minimum Gasteiger partial charge on any atom is -0.477 e. The van der Waals surface area contributed by atoms with Crippen LogP contribution in [0.15, 0.2) is 33.5 Å². The number of oxime groups is 1. The number of hydrogen-bond acceptors (Lipinski definition) is 11. The zero-order valence-electron chi connectivity index (χ0n) is 21.9. The summed E-state index contributed by atoms with van der Waals surface area (Å²) < 4.78 is 39.3. The number of thioether (sulfide) groups is 1. The number of aliphatic carboxylic acids is 1. The number of likely N-dealkylation sites (tertiary alicyclic amines) is 1. The fourth-order valence-electron chi connectivity index (χ4n) is 4.12. The summed E-state index contributed by atoms with van der Waals surface area (Å²) in [5, 5.41) is 16.7. The molecule has 0 saturated carbocycles. The highest BCUT2D eigenvalue weighted by atomic mass is 32.2. The van der Waals surface area contributed by atoms with Crippen molar-refractivity contribution in [3.8, 4) is 0 Å². The van der Waals surface area contributed by atoms with Crippen molar-refractivity contribution >= 4 is 63.5 Å². The molecule has 3 atom stereocenters. The predicted molar refractivity (Wildman–Crippen MR) is 142 cm³/mol. The first kappa shape index (κ1) is 30.8. The summed E-state index contributed by atoms with van der Waals surface area (Å²) in [4.78, 5) is 72.9. The molecule has 1 aromatic heterocycles. The van der Waals surface area contributed by atoms with Crippen molar-refractivity contribution in [2.24, 2.45) is 10.9 Å². The van der Waals surface area contributed by atoms with Crippen LogP contribution in [0.5, 0.6) is 0 Å². The number of fused-ring (bicyclic) bond motifs is 1. The molecule has 0 spiro atoms. The van der Waals surface area contributed by atoms with Gasteiger partial charge in [-0.3, -0.25) is 24.1 Å². The zero-order chi connectivity index (χ0) is 31.1. The Bertz CT molecular complexity index is 1440. The van der Waals surface area contributed by atoms with Gasteiger partial charge in [-0.2, -0.15) is 0 Å². The second-order valence-corrected chi connectivity index (χ2v) is 11.6. The number of thiazole rings is 1. The molecule has 0 bridgehead atoms. The third-order valence-electron chi connectivity index (χ3n) is 6.44. The van der Waals surface area contributed by atoms with Gasteiger partial charge in [0.1, 0.15) is 22.8 Å². The number of hydrogen-bond donors (Lipinski definition) is 4. The van der Waals surface area contributed by atoms with E-state index in [9.17, 15) is 42.3 Å². The molecule has 3 aliphatic rings. The van der Waals surface area contributed by atoms with Crippen molar-refractivity contribution in [3.05, 3.63) is 34.0 Å². The maximum atomic E-state index is 13.8. The number of primary amides is 1. The van der Waals surface area contributed by atoms with Gasteiger partial charge in [-0.05, 0) is 31.9 Å². The van der Waals surface area contributed by atoms with Crippen LogP contribution in [0.2, 0.25) is 0 Å². The molecule has 3 aliphatic heterocycles. The Labute approximate surface area is 243 Å². The van der Waals surface area contributed by atoms with E-state index in [0.29, 0.717) is 4.90 Å². The van der Waals surface area contributed by atoms with Crippen LogP contribution in [0.25, 0.3) is 0 Å². The number of carboxylic acid groups (broad SMARTS) is 1. The second kappa shape index (κ2) is 11.6. The van der Waals surface area contributed by atoms with Gasteiger partial charge in [-0.15, -0.1) is 23.1 Å². The smallest absolute Gasteiger partial charge is 0.352 e. The number of nitrogens with one attached hydrogen (secondary N) is 1. The lowest BCUT2D eigenvalue weighted by Crippen LogP contribution is -2.71. The van der Waals surface area contributed by atoms with Crippen molar-refractivity contribution in [2.45, 2.75) is 50.0 Å². The molecule has 2 saturated heterocycles. The minimum atomic E-state index is -3.40. The van der Waals surface area contributed by atoms with E-state index in [2.05, 4.69) is 15.5 Å². The van der Waals surface area contributed by atoms with Crippen LogP contribution in [0.4, 0.5) is 18.3 Å². The normalized spacial score (nSPS) is 22.8. The molecule has 0 aliphatic carbocycles. The lowest BCUT2D eigenvalue weighted by Gasteiger charge is -2.49. The van der Waals surface area contributed by atoms with E-state index in [4.69, 9.17) is 16.3 Å². The lowest BCUT2D eigenvalue weighted by atomic mass is 10.0. The van der Waals surface area contributed by atoms with Crippen LogP contribution in [-0.2, 0) is 28.8 Å². The number of carbonyl (C=O) groups is 5. The lowest BCUT2D eigenvalue weighted by molar-refractivity contribution is -0.150. The molecule has 14 nitrogen and oxygen atoms in total. The van der Waals surface area contributed by atoms with Crippen LogP contribution >= 0.6 is 23.1 Å². The topological polar surface area (TPSA) is 211 Å². The van der Waals surface area contributed by atoms with Gasteiger partial charge in [0.2, 0.25) is 11.9 Å². The third-order valence-corrected chi connectivity index (χ3v) is 8.41. The summed E-state index contributed by atoms with van der Waals surface area (Å²) >= 11 is 2.05. The van der Waals surface area contributed by atoms with Crippen LogP contribution in [0, 0.1) is 0 Å². The Morgan fingerprint density at radius 3 is 2.57 bits per heavy atom. The number of carbonyl (C=O) groups excluding carboxylic acids is 4. The molecular weight excluding hydrogens is 607 g/mol. The number of carboxylic acids is 1. The minimum absolute atomic E-state index is 0.0205. The molecule has 1 unspecified atom stereocenters. The van der Waals surface area contributed by atoms with Gasteiger partial charge < -0.3 is 31.6 Å². The number of alkyl halides is 3. The number of rotatable bonds is 10. The number of anilines is 1. The highest BCUT2D eigenvalue weighted by Crippen LogP contribution is 2.41. The number of allylic oxidation sites excluding steroid dienone is 1. The molecule has 4 rings (SSSR count). The Hall–Kier alpha value is -4.13. The van der Waals surface area contributed by atoms with E-state index in [1.165, 1.54) is 25.3 Å². The van der Waals surface area contributed by atoms with Gasteiger partial charge in [0.25, 0.3) is 30.1 Å². The van der Waals surface area contributed by atoms with E-state index in [-0.39, 0.29) is 40.7 Å². The van der Waals surface area contributed by atoms with E-state index in [0.717, 1.165) is 28.0 Å². The molecule has 2 fully saturated rings. The van der Waals surface area contributed by atoms with Crippen molar-refractivity contribution in [1.82, 2.24) is 20.1 Å². The molecule has 6 N–H and O–H groups in total. The van der Waals surface area contributed by atoms with Gasteiger partial charge >= 0.3 is 5.97 Å². The summed E-state index contributed by atoms with van der Waals surface area (Å²) in [6.45, 7) is 2.31. The van der Waals surface area contributed by atoms with Gasteiger partial charge in [0, 0.05) is 23.3 Å². The summed E-state index contributed by atoms with van der Waals surface area (Å²) in [5.74, 6) is -5.16. The van der Waals surface area contributed by atoms with Crippen molar-refractivity contribution < 1.29 is 47.1 Å². The quantitative estimate of drug-likeness (QED) is 0.0904. The SMILES string of the molecule is CC(C)(ON=C(C(=O)N[C@@H]1C(=O)N2C(C(=O)O)=C(C=C3CCN(C(F)C(F)F)C3=O)CS[C@H]12)c1csc(N)n1)C(N)=O. The van der Waals surface area contributed by atoms with Crippen molar-refractivity contribution in [2.75, 3.05) is 18.0 Å². The number of nitrogens with zero attached hydrogens (tertiary/aromatic N) is 4. The Morgan fingerprint density at radius 2 is 2.00 bits per heavy atom. The van der Waals surface area contributed by atoms with Gasteiger partial charge in [0.15, 0.2) is 10.8 Å². The fourth-order valence-corrected chi connectivity index (χ4v) is 5.97. The van der Waals surface area contributed by atoms with Gasteiger partial charge in [-0.1, -0.05) is 5.16 Å². The first-order valence-corrected chi connectivity index (χ1v) is 14.0. The van der Waals surface area contributed by atoms with Gasteiger partial charge in [-0.25, -0.2) is 22.9 Å². The first-order valence-electron chi connectivity index (χ1n) is 12.1. The van der Waals surface area contributed by atoms with Crippen LogP contribution in [0.1, 0.15) is 26.0 Å². The van der Waals surface area contributed by atoms with Crippen molar-refractivity contribution in [1.29, 1.82) is 0 Å². The third kappa shape index (κ3) is 5.78. The van der Waals surface area contributed by atoms with Crippen molar-refractivity contribution in [3.63, 3.8) is 0 Å². The summed E-state index contributed by atoms with van der Waals surface area (Å²) in [7, 11) is 0. The number of nitrogens with two attached hydrogens (primary N) is 2. The second-order valence-electron chi connectivity index (χ2n) is 9.64. The predicted octanol–water partition coefficient (Wildman–Crippen LogP) is 0.168. The van der Waals surface area contributed by atoms with E-state index < -0.39 is 70.7 Å². The number of aromatic nitrogens is 1. The molecule has 19 heteroatoms. The molecule has 1 aromatic rings. The number of amides is 4. The Kier molecular flexibility index (Phi) is 8.53. The standard InChI is InChI=1S/C23H24F3N7O7S2/c1-23(2,21(27)39)40-31-11(10-7-42-22(28)29-10)16(34)30-12-18(36)33-13(20(37)38)9(6-41-19(12)33)5-8-3-4-32(17(8)35)15(26)14(24)25/h5,7,12,14-15,19H,3-4,6H2,1-2H3,(H2,27,39)(H2,28,29)(H,30,34)(H,37,38)/t12-,15?,19-/m1/s1. The summed E-state index contributed by atoms with van der Waals surface area (Å²) in [5.41, 5.74) is 8.37.